The Morgan fingerprint density at radius 1 is 1.71 bits per heavy atom. The van der Waals surface area contributed by atoms with Gasteiger partial charge in [-0.1, -0.05) is 0 Å². The van der Waals surface area contributed by atoms with E-state index < -0.39 is 11.4 Å². The zero-order valence-electron chi connectivity index (χ0n) is 9.57. The van der Waals surface area contributed by atoms with Gasteiger partial charge in [-0.15, -0.1) is 0 Å². The molecular formula is C10H15FN4O2. The van der Waals surface area contributed by atoms with E-state index in [-0.39, 0.29) is 11.8 Å². The molecule has 0 amide bonds. The second-order valence-electron chi connectivity index (χ2n) is 3.97. The van der Waals surface area contributed by atoms with Gasteiger partial charge in [0.05, 0.1) is 12.8 Å². The van der Waals surface area contributed by atoms with Crippen LogP contribution in [0.25, 0.3) is 0 Å². The minimum absolute atomic E-state index is 0.0306. The van der Waals surface area contributed by atoms with Gasteiger partial charge in [-0.05, 0) is 0 Å². The molecule has 6 nitrogen and oxygen atoms in total. The number of hydrogen-bond donors (Lipinski definition) is 2. The number of nitrogens with one attached hydrogen (secondary N) is 1. The van der Waals surface area contributed by atoms with Crippen molar-refractivity contribution in [3.63, 3.8) is 0 Å². The average Bonchev–Trinajstić information content (AvgIpc) is 2.80. The molecule has 0 bridgehead atoms. The lowest BCUT2D eigenvalue weighted by atomic mass is 10.0. The highest BCUT2D eigenvalue weighted by molar-refractivity contribution is 5.39. The van der Waals surface area contributed by atoms with Crippen LogP contribution < -0.4 is 11.1 Å². The topological polar surface area (TPSA) is 82.3 Å². The van der Waals surface area contributed by atoms with Crippen molar-refractivity contribution < 1.29 is 13.9 Å². The van der Waals surface area contributed by atoms with Gasteiger partial charge in [-0.2, -0.15) is 4.98 Å². The number of ether oxygens (including phenoxy) is 2. The van der Waals surface area contributed by atoms with Crippen molar-refractivity contribution in [1.29, 1.82) is 0 Å². The zero-order valence-corrected chi connectivity index (χ0v) is 9.57. The molecule has 2 rings (SSSR count). The predicted octanol–water partition coefficient (Wildman–Crippen LogP) is 0.415. The van der Waals surface area contributed by atoms with Gasteiger partial charge in [0.1, 0.15) is 5.60 Å². The Balaban J connectivity index is 2.03. The molecule has 1 saturated heterocycles. The molecule has 0 aromatic carbocycles. The number of aromatic nitrogens is 2. The van der Waals surface area contributed by atoms with E-state index in [9.17, 15) is 4.39 Å². The van der Waals surface area contributed by atoms with E-state index in [4.69, 9.17) is 15.2 Å². The van der Waals surface area contributed by atoms with Crippen LogP contribution in [0, 0.1) is 5.82 Å². The van der Waals surface area contributed by atoms with E-state index in [2.05, 4.69) is 15.3 Å². The van der Waals surface area contributed by atoms with Crippen LogP contribution in [0.5, 0.6) is 0 Å². The molecule has 1 aliphatic heterocycles. The van der Waals surface area contributed by atoms with Crippen molar-refractivity contribution in [3.05, 3.63) is 12.0 Å². The highest BCUT2D eigenvalue weighted by atomic mass is 19.1. The maximum atomic E-state index is 13.4. The smallest absolute Gasteiger partial charge is 0.222 e. The summed E-state index contributed by atoms with van der Waals surface area (Å²) in [5.41, 5.74) is 4.97. The molecule has 0 spiro atoms. The highest BCUT2D eigenvalue weighted by Gasteiger charge is 2.35. The SMILES string of the molecule is COC1(CNc2nc(N)ncc2F)CCOC1. The first-order chi connectivity index (χ1) is 8.15. The number of nitrogens with two attached hydrogens (primary N) is 1. The fourth-order valence-corrected chi connectivity index (χ4v) is 1.71. The van der Waals surface area contributed by atoms with Crippen LogP contribution in [0.3, 0.4) is 0 Å². The average molecular weight is 242 g/mol. The molecule has 0 radical (unpaired) electrons. The summed E-state index contributed by atoms with van der Waals surface area (Å²) in [4.78, 5) is 7.34. The van der Waals surface area contributed by atoms with Crippen molar-refractivity contribution in [1.82, 2.24) is 9.97 Å². The lowest BCUT2D eigenvalue weighted by molar-refractivity contribution is -0.00629. The lowest BCUT2D eigenvalue weighted by Crippen LogP contribution is -2.40. The van der Waals surface area contributed by atoms with Crippen molar-refractivity contribution in [2.75, 3.05) is 37.9 Å². The molecule has 2 heterocycles. The van der Waals surface area contributed by atoms with E-state index in [1.165, 1.54) is 0 Å². The van der Waals surface area contributed by atoms with E-state index in [1.807, 2.05) is 0 Å². The number of halogens is 1. The molecule has 1 unspecified atom stereocenters. The van der Waals surface area contributed by atoms with Gasteiger partial charge in [0.15, 0.2) is 11.6 Å². The fraction of sp³-hybridized carbons (Fsp3) is 0.600. The minimum atomic E-state index is -0.538. The van der Waals surface area contributed by atoms with Crippen LogP contribution in [-0.4, -0.2) is 42.4 Å². The van der Waals surface area contributed by atoms with Gasteiger partial charge in [-0.3, -0.25) is 0 Å². The number of nitrogens with zero attached hydrogens (tertiary/aromatic N) is 2. The first kappa shape index (κ1) is 12.0. The van der Waals surface area contributed by atoms with E-state index >= 15 is 0 Å². The Morgan fingerprint density at radius 2 is 2.53 bits per heavy atom. The quantitative estimate of drug-likeness (QED) is 0.796. The summed E-state index contributed by atoms with van der Waals surface area (Å²) in [6, 6.07) is 0. The fourth-order valence-electron chi connectivity index (χ4n) is 1.71. The second kappa shape index (κ2) is 4.80. The summed E-state index contributed by atoms with van der Waals surface area (Å²) in [5, 5.41) is 2.88. The Labute approximate surface area is 98.3 Å². The normalized spacial score (nSPS) is 23.9. The maximum Gasteiger partial charge on any atom is 0.222 e. The Morgan fingerprint density at radius 3 is 3.18 bits per heavy atom. The van der Waals surface area contributed by atoms with Gasteiger partial charge in [0.2, 0.25) is 5.95 Å². The van der Waals surface area contributed by atoms with E-state index in [0.717, 1.165) is 12.6 Å². The molecule has 1 aromatic rings. The van der Waals surface area contributed by atoms with Crippen molar-refractivity contribution in [2.24, 2.45) is 0 Å². The number of hydrogen-bond acceptors (Lipinski definition) is 6. The first-order valence-electron chi connectivity index (χ1n) is 5.30. The molecule has 94 valence electrons. The van der Waals surface area contributed by atoms with Crippen LogP contribution in [-0.2, 0) is 9.47 Å². The Kier molecular flexibility index (Phi) is 3.39. The number of rotatable bonds is 4. The molecule has 7 heteroatoms. The van der Waals surface area contributed by atoms with Gasteiger partial charge in [0.25, 0.3) is 0 Å². The van der Waals surface area contributed by atoms with Gasteiger partial charge >= 0.3 is 0 Å². The predicted molar refractivity (Wildman–Crippen MR) is 60.1 cm³/mol. The maximum absolute atomic E-state index is 13.4. The molecule has 0 saturated carbocycles. The molecule has 17 heavy (non-hydrogen) atoms. The van der Waals surface area contributed by atoms with Crippen LogP contribution >= 0.6 is 0 Å². The molecule has 1 fully saturated rings. The lowest BCUT2D eigenvalue weighted by Gasteiger charge is -2.26. The summed E-state index contributed by atoms with van der Waals surface area (Å²) in [5.74, 6) is -0.423. The van der Waals surface area contributed by atoms with Gasteiger partial charge in [0, 0.05) is 26.7 Å². The standard InChI is InChI=1S/C10H15FN4O2/c1-16-10(2-3-17-6-10)5-14-8-7(11)4-13-9(12)15-8/h4H,2-3,5-6H2,1H3,(H3,12,13,14,15). The first-order valence-corrected chi connectivity index (χ1v) is 5.30. The molecule has 1 atom stereocenters. The Bertz CT molecular complexity index is 396. The molecule has 3 N–H and O–H groups in total. The Hall–Kier alpha value is -1.47. The molecule has 1 aromatic heterocycles. The van der Waals surface area contributed by atoms with Gasteiger partial charge < -0.3 is 20.5 Å². The summed E-state index contributed by atoms with van der Waals surface area (Å²) >= 11 is 0. The molecule has 0 aliphatic carbocycles. The number of nitrogen functional groups attached to an aromatic ring is 1. The molecule has 1 aliphatic rings. The van der Waals surface area contributed by atoms with Crippen LogP contribution in [0.1, 0.15) is 6.42 Å². The number of anilines is 2. The van der Waals surface area contributed by atoms with Crippen molar-refractivity contribution in [3.8, 4) is 0 Å². The van der Waals surface area contributed by atoms with Crippen molar-refractivity contribution >= 4 is 11.8 Å². The summed E-state index contributed by atoms with van der Waals surface area (Å²) in [6.45, 7) is 1.54. The van der Waals surface area contributed by atoms with E-state index in [1.54, 1.807) is 7.11 Å². The third-order valence-corrected chi connectivity index (χ3v) is 2.84. The van der Waals surface area contributed by atoms with Crippen LogP contribution in [0.15, 0.2) is 6.20 Å². The number of methoxy groups -OCH3 is 1. The van der Waals surface area contributed by atoms with E-state index in [0.29, 0.717) is 19.8 Å². The summed E-state index contributed by atoms with van der Waals surface area (Å²) in [6.07, 6.45) is 1.80. The third-order valence-electron chi connectivity index (χ3n) is 2.84. The monoisotopic (exact) mass is 242 g/mol. The highest BCUT2D eigenvalue weighted by Crippen LogP contribution is 2.23. The summed E-state index contributed by atoms with van der Waals surface area (Å²) < 4.78 is 24.0. The van der Waals surface area contributed by atoms with Crippen LogP contribution in [0.4, 0.5) is 16.2 Å². The largest absolute Gasteiger partial charge is 0.378 e. The summed E-state index contributed by atoms with van der Waals surface area (Å²) in [7, 11) is 1.61. The second-order valence-corrected chi connectivity index (χ2v) is 3.97. The molecular weight excluding hydrogens is 227 g/mol. The van der Waals surface area contributed by atoms with Crippen LogP contribution in [0.2, 0.25) is 0 Å². The minimum Gasteiger partial charge on any atom is -0.378 e. The van der Waals surface area contributed by atoms with Crippen molar-refractivity contribution in [2.45, 2.75) is 12.0 Å². The third kappa shape index (κ3) is 2.62. The zero-order chi connectivity index (χ0) is 12.3. The van der Waals surface area contributed by atoms with Gasteiger partial charge in [-0.25, -0.2) is 9.37 Å².